The van der Waals surface area contributed by atoms with Crippen molar-refractivity contribution in [3.05, 3.63) is 48.3 Å². The van der Waals surface area contributed by atoms with Crippen molar-refractivity contribution in [3.8, 4) is 0 Å². The Morgan fingerprint density at radius 2 is 1.92 bits per heavy atom. The summed E-state index contributed by atoms with van der Waals surface area (Å²) in [4.78, 5) is 53.2. The molecule has 0 aromatic carbocycles. The largest absolute Gasteiger partial charge is 0.424 e. The minimum absolute atomic E-state index is 0.0966. The van der Waals surface area contributed by atoms with Crippen LogP contribution in [-0.2, 0) is 35.6 Å². The van der Waals surface area contributed by atoms with Gasteiger partial charge in [0, 0.05) is 25.6 Å². The maximum absolute atomic E-state index is 11.8. The molecule has 1 atom stereocenters. The summed E-state index contributed by atoms with van der Waals surface area (Å²) in [5.41, 5.74) is 0.0854. The Balaban J connectivity index is 1.86. The lowest BCUT2D eigenvalue weighted by Crippen LogP contribution is -2.32. The van der Waals surface area contributed by atoms with Crippen LogP contribution < -0.4 is 0 Å². The molecule has 0 aliphatic carbocycles. The topological polar surface area (TPSA) is 136 Å². The van der Waals surface area contributed by atoms with Gasteiger partial charge in [-0.05, 0) is 12.1 Å². The number of ether oxygens (including phenoxy) is 4. The third-order valence-electron chi connectivity index (χ3n) is 2.81. The molecule has 2 aromatic heterocycles. The zero-order valence-corrected chi connectivity index (χ0v) is 13.4. The summed E-state index contributed by atoms with van der Waals surface area (Å²) in [6, 6.07) is 2.80. The number of carbonyl (C=O) groups is 4. The number of carbonyl (C=O) groups excluding carboxylic acids is 4. The number of rotatable bonds is 8. The fourth-order valence-corrected chi connectivity index (χ4v) is 1.64. The quantitative estimate of drug-likeness (QED) is 0.353. The van der Waals surface area contributed by atoms with Gasteiger partial charge in [-0.1, -0.05) is 0 Å². The first-order valence-electron chi connectivity index (χ1n) is 7.03. The van der Waals surface area contributed by atoms with E-state index < -0.39 is 31.0 Å². The van der Waals surface area contributed by atoms with Crippen molar-refractivity contribution in [2.75, 3.05) is 6.79 Å². The van der Waals surface area contributed by atoms with Crippen LogP contribution in [0.5, 0.6) is 0 Å². The molecule has 0 spiro atoms. The molecule has 0 bridgehead atoms. The Labute approximate surface area is 146 Å². The maximum Gasteiger partial charge on any atom is 0.392 e. The predicted molar refractivity (Wildman–Crippen MR) is 80.2 cm³/mol. The van der Waals surface area contributed by atoms with Crippen LogP contribution in [0.4, 0.5) is 0 Å². The molecule has 0 saturated heterocycles. The van der Waals surface area contributed by atoms with Gasteiger partial charge in [-0.15, -0.1) is 0 Å². The second-order valence-electron chi connectivity index (χ2n) is 4.64. The Kier molecular flexibility index (Phi) is 6.37. The lowest BCUT2D eigenvalue weighted by molar-refractivity contribution is -0.190. The molecule has 0 amide bonds. The van der Waals surface area contributed by atoms with E-state index >= 15 is 0 Å². The van der Waals surface area contributed by atoms with E-state index in [4.69, 9.17) is 9.47 Å². The van der Waals surface area contributed by atoms with E-state index in [2.05, 4.69) is 19.4 Å². The van der Waals surface area contributed by atoms with Crippen molar-refractivity contribution in [1.82, 2.24) is 14.5 Å². The number of aromatic nitrogens is 3. The molecule has 2 rings (SSSR count). The van der Waals surface area contributed by atoms with E-state index in [0.717, 1.165) is 0 Å². The molecule has 11 nitrogen and oxygen atoms in total. The zero-order valence-electron chi connectivity index (χ0n) is 13.4. The summed E-state index contributed by atoms with van der Waals surface area (Å²) in [5, 5.41) is 0. The van der Waals surface area contributed by atoms with Gasteiger partial charge in [0.1, 0.15) is 0 Å². The summed E-state index contributed by atoms with van der Waals surface area (Å²) in [6.45, 7) is -0.875. The fraction of sp³-hybridized carbons (Fsp3) is 0.200. The molecule has 2 aromatic rings. The lowest BCUT2D eigenvalue weighted by atomic mass is 10.3. The SMILES string of the molecule is Cn1cnc(C(=O)OC(OC=O)C(=O)OCOC(=O)c2ccncc2)c1. The molecule has 0 saturated carbocycles. The van der Waals surface area contributed by atoms with Crippen LogP contribution in [0.3, 0.4) is 0 Å². The smallest absolute Gasteiger partial charge is 0.392 e. The summed E-state index contributed by atoms with van der Waals surface area (Å²) in [7, 11) is 1.62. The minimum Gasteiger partial charge on any atom is -0.424 e. The highest BCUT2D eigenvalue weighted by Gasteiger charge is 2.28. The van der Waals surface area contributed by atoms with Gasteiger partial charge in [-0.2, -0.15) is 0 Å². The number of aryl methyl sites for hydroxylation is 1. The van der Waals surface area contributed by atoms with Crippen LogP contribution >= 0.6 is 0 Å². The summed E-state index contributed by atoms with van der Waals surface area (Å²) in [6.07, 6.45) is 3.47. The van der Waals surface area contributed by atoms with Crippen LogP contribution in [0.2, 0.25) is 0 Å². The molecule has 11 heteroatoms. The number of esters is 3. The second kappa shape index (κ2) is 8.92. The average molecular weight is 363 g/mol. The van der Waals surface area contributed by atoms with Crippen LogP contribution in [0.15, 0.2) is 37.1 Å². The molecular weight excluding hydrogens is 350 g/mol. The van der Waals surface area contributed by atoms with Gasteiger partial charge >= 0.3 is 24.2 Å². The van der Waals surface area contributed by atoms with Crippen molar-refractivity contribution in [1.29, 1.82) is 0 Å². The van der Waals surface area contributed by atoms with Crippen LogP contribution in [0, 0.1) is 0 Å². The van der Waals surface area contributed by atoms with Crippen molar-refractivity contribution in [2.24, 2.45) is 7.05 Å². The molecule has 136 valence electrons. The van der Waals surface area contributed by atoms with E-state index in [1.54, 1.807) is 7.05 Å². The van der Waals surface area contributed by atoms with Gasteiger partial charge in [0.25, 0.3) is 6.47 Å². The van der Waals surface area contributed by atoms with E-state index in [9.17, 15) is 19.2 Å². The maximum atomic E-state index is 11.8. The minimum atomic E-state index is -1.97. The van der Waals surface area contributed by atoms with Gasteiger partial charge in [0.05, 0.1) is 11.9 Å². The molecule has 1 unspecified atom stereocenters. The van der Waals surface area contributed by atoms with E-state index in [0.29, 0.717) is 0 Å². The number of pyridine rings is 1. The third kappa shape index (κ3) is 5.12. The Morgan fingerprint density at radius 1 is 1.19 bits per heavy atom. The van der Waals surface area contributed by atoms with Gasteiger partial charge in [0.2, 0.25) is 6.79 Å². The first kappa shape index (κ1) is 18.6. The van der Waals surface area contributed by atoms with Crippen LogP contribution in [-0.4, -0.2) is 52.0 Å². The Hall–Kier alpha value is -3.76. The first-order valence-corrected chi connectivity index (χ1v) is 7.03. The normalized spacial score (nSPS) is 11.1. The highest BCUT2D eigenvalue weighted by Crippen LogP contribution is 2.05. The standard InChI is InChI=1S/C15H13N3O8/c1-18-6-11(17-7-18)13(21)26-15(23-8-19)14(22)25-9-24-12(20)10-2-4-16-5-3-10/h2-8,15H,9H2,1H3. The number of imidazole rings is 1. The van der Waals surface area contributed by atoms with Gasteiger partial charge in [0.15, 0.2) is 5.69 Å². The van der Waals surface area contributed by atoms with E-state index in [1.807, 2.05) is 0 Å². The molecule has 0 aliphatic heterocycles. The predicted octanol–water partition coefficient (Wildman–Crippen LogP) is -0.171. The molecule has 0 aliphatic rings. The van der Waals surface area contributed by atoms with Crippen molar-refractivity contribution in [3.63, 3.8) is 0 Å². The fourth-order valence-electron chi connectivity index (χ4n) is 1.64. The molecule has 26 heavy (non-hydrogen) atoms. The second-order valence-corrected chi connectivity index (χ2v) is 4.64. The summed E-state index contributed by atoms with van der Waals surface area (Å²) in [5.74, 6) is -3.02. The summed E-state index contributed by atoms with van der Waals surface area (Å²) < 4.78 is 19.9. The molecule has 0 fully saturated rings. The average Bonchev–Trinajstić information content (AvgIpc) is 3.08. The van der Waals surface area contributed by atoms with Crippen molar-refractivity contribution < 1.29 is 38.1 Å². The first-order chi connectivity index (χ1) is 12.5. The van der Waals surface area contributed by atoms with Gasteiger partial charge in [-0.25, -0.2) is 19.4 Å². The van der Waals surface area contributed by atoms with Crippen LogP contribution in [0.25, 0.3) is 0 Å². The molecule has 0 N–H and O–H groups in total. The lowest BCUT2D eigenvalue weighted by Gasteiger charge is -2.14. The van der Waals surface area contributed by atoms with Crippen molar-refractivity contribution in [2.45, 2.75) is 6.29 Å². The van der Waals surface area contributed by atoms with Crippen LogP contribution in [0.1, 0.15) is 20.8 Å². The Bertz CT molecular complexity index is 789. The van der Waals surface area contributed by atoms with E-state index in [1.165, 1.54) is 41.6 Å². The van der Waals surface area contributed by atoms with Crippen molar-refractivity contribution >= 4 is 24.4 Å². The highest BCUT2D eigenvalue weighted by atomic mass is 16.8. The molecular formula is C15H13N3O8. The Morgan fingerprint density at radius 3 is 2.54 bits per heavy atom. The third-order valence-corrected chi connectivity index (χ3v) is 2.81. The highest BCUT2D eigenvalue weighted by molar-refractivity contribution is 5.90. The van der Waals surface area contributed by atoms with E-state index in [-0.39, 0.29) is 17.7 Å². The monoisotopic (exact) mass is 363 g/mol. The number of hydrogen-bond acceptors (Lipinski definition) is 10. The number of hydrogen-bond donors (Lipinski definition) is 0. The van der Waals surface area contributed by atoms with Gasteiger partial charge < -0.3 is 23.5 Å². The summed E-state index contributed by atoms with van der Waals surface area (Å²) >= 11 is 0. The molecule has 0 radical (unpaired) electrons. The van der Waals surface area contributed by atoms with Gasteiger partial charge in [-0.3, -0.25) is 9.78 Å². The zero-order chi connectivity index (χ0) is 18.9. The number of nitrogens with zero attached hydrogens (tertiary/aromatic N) is 3. The molecule has 2 heterocycles.